The Morgan fingerprint density at radius 2 is 1.90 bits per heavy atom. The van der Waals surface area contributed by atoms with Crippen molar-refractivity contribution in [3.8, 4) is 0 Å². The number of anilines is 1. The zero-order valence-electron chi connectivity index (χ0n) is 16.3. The van der Waals surface area contributed by atoms with Gasteiger partial charge in [0.05, 0.1) is 20.7 Å². The summed E-state index contributed by atoms with van der Waals surface area (Å²) in [7, 11) is -2.04. The molecule has 1 amide bonds. The van der Waals surface area contributed by atoms with E-state index in [1.807, 2.05) is 0 Å². The molecule has 8 nitrogen and oxygen atoms in total. The van der Waals surface area contributed by atoms with E-state index in [0.717, 1.165) is 0 Å². The van der Waals surface area contributed by atoms with Crippen LogP contribution >= 0.6 is 35.0 Å². The van der Waals surface area contributed by atoms with Crippen molar-refractivity contribution in [1.29, 1.82) is 0 Å². The molecule has 0 aliphatic carbocycles. The summed E-state index contributed by atoms with van der Waals surface area (Å²) in [6.07, 6.45) is 1.62. The second kappa shape index (κ2) is 9.11. The first-order valence-electron chi connectivity index (χ1n) is 8.80. The van der Waals surface area contributed by atoms with Crippen molar-refractivity contribution in [1.82, 2.24) is 18.9 Å². The Kier molecular flexibility index (Phi) is 6.93. The number of nitrogens with zero attached hydrogens (tertiary/aromatic N) is 4. The zero-order chi connectivity index (χ0) is 22.1. The van der Waals surface area contributed by atoms with E-state index in [4.69, 9.17) is 23.2 Å². The van der Waals surface area contributed by atoms with Gasteiger partial charge < -0.3 is 5.32 Å². The average Bonchev–Trinajstić information content (AvgIpc) is 3.09. The Bertz CT molecular complexity index is 1180. The second-order valence-electron chi connectivity index (χ2n) is 6.66. The molecule has 2 aromatic heterocycles. The maximum Gasteiger partial charge on any atom is 0.243 e. The Morgan fingerprint density at radius 3 is 2.53 bits per heavy atom. The van der Waals surface area contributed by atoms with Crippen LogP contribution < -0.4 is 5.32 Å². The Balaban J connectivity index is 1.65. The van der Waals surface area contributed by atoms with Crippen LogP contribution in [0.25, 0.3) is 5.65 Å². The van der Waals surface area contributed by atoms with E-state index in [1.54, 1.807) is 42.6 Å². The number of nitrogens with one attached hydrogen (secondary N) is 1. The number of carbonyl (C=O) groups excluding carboxylic acids is 1. The van der Waals surface area contributed by atoms with Gasteiger partial charge in [-0.05, 0) is 44.2 Å². The maximum atomic E-state index is 12.5. The normalized spacial score (nSPS) is 12.1. The van der Waals surface area contributed by atoms with Gasteiger partial charge in [0.15, 0.2) is 10.8 Å². The van der Waals surface area contributed by atoms with Crippen LogP contribution in [0, 0.1) is 0 Å². The minimum atomic E-state index is -3.57. The van der Waals surface area contributed by atoms with E-state index in [0.29, 0.717) is 26.5 Å². The molecule has 3 rings (SSSR count). The van der Waals surface area contributed by atoms with Gasteiger partial charge in [-0.1, -0.05) is 35.0 Å². The fourth-order valence-corrected chi connectivity index (χ4v) is 5.07. The number of aromatic nitrogens is 3. The molecule has 0 saturated heterocycles. The number of halogens is 2. The molecular weight excluding hydrogens is 469 g/mol. The molecule has 12 heteroatoms. The molecule has 3 aromatic rings. The number of hydrogen-bond acceptors (Lipinski definition) is 6. The molecule has 1 aromatic carbocycles. The molecule has 0 unspecified atom stereocenters. The van der Waals surface area contributed by atoms with Crippen molar-refractivity contribution in [3.63, 3.8) is 0 Å². The Morgan fingerprint density at radius 1 is 1.23 bits per heavy atom. The smallest absolute Gasteiger partial charge is 0.243 e. The minimum Gasteiger partial charge on any atom is -0.325 e. The number of benzene rings is 1. The minimum absolute atomic E-state index is 0.0705. The van der Waals surface area contributed by atoms with Gasteiger partial charge in [0.2, 0.25) is 15.9 Å². The highest BCUT2D eigenvalue weighted by Crippen LogP contribution is 2.25. The molecule has 0 atom stereocenters. The van der Waals surface area contributed by atoms with Gasteiger partial charge in [0.25, 0.3) is 0 Å². The van der Waals surface area contributed by atoms with Gasteiger partial charge in [-0.2, -0.15) is 4.31 Å². The lowest BCUT2D eigenvalue weighted by molar-refractivity contribution is -0.113. The summed E-state index contributed by atoms with van der Waals surface area (Å²) in [4.78, 5) is 12.5. The zero-order valence-corrected chi connectivity index (χ0v) is 19.5. The van der Waals surface area contributed by atoms with Gasteiger partial charge in [-0.25, -0.2) is 8.42 Å². The molecule has 30 heavy (non-hydrogen) atoms. The van der Waals surface area contributed by atoms with Gasteiger partial charge in [-0.15, -0.1) is 10.2 Å². The number of carbonyl (C=O) groups is 1. The summed E-state index contributed by atoms with van der Waals surface area (Å²) in [5, 5.41) is 12.0. The van der Waals surface area contributed by atoms with E-state index in [-0.39, 0.29) is 22.6 Å². The molecule has 2 heterocycles. The Labute approximate surface area is 188 Å². The monoisotopic (exact) mass is 487 g/mol. The maximum absolute atomic E-state index is 12.5. The molecule has 0 fully saturated rings. The van der Waals surface area contributed by atoms with Crippen molar-refractivity contribution in [2.45, 2.75) is 29.9 Å². The molecule has 0 bridgehead atoms. The van der Waals surface area contributed by atoms with Crippen LogP contribution in [0.1, 0.15) is 13.8 Å². The van der Waals surface area contributed by atoms with Crippen LogP contribution in [0.3, 0.4) is 0 Å². The van der Waals surface area contributed by atoms with Crippen LogP contribution in [0.15, 0.2) is 46.6 Å². The quantitative estimate of drug-likeness (QED) is 0.509. The topological polar surface area (TPSA) is 96.7 Å². The van der Waals surface area contributed by atoms with Crippen LogP contribution in [0.5, 0.6) is 0 Å². The number of pyridine rings is 1. The number of rotatable bonds is 7. The predicted octanol–water partition coefficient (Wildman–Crippen LogP) is 3.80. The van der Waals surface area contributed by atoms with Crippen molar-refractivity contribution >= 4 is 62.2 Å². The fourth-order valence-electron chi connectivity index (χ4n) is 2.48. The van der Waals surface area contributed by atoms with Gasteiger partial charge in [-0.3, -0.25) is 9.20 Å². The molecular formula is C18H19Cl2N5O3S2. The first-order chi connectivity index (χ1) is 14.1. The molecule has 0 radical (unpaired) electrons. The fraction of sp³-hybridized carbons (Fsp3) is 0.278. The number of hydrogen-bond donors (Lipinski definition) is 1. The number of thioether (sulfide) groups is 1. The number of amides is 1. The summed E-state index contributed by atoms with van der Waals surface area (Å²) < 4.78 is 27.9. The molecule has 0 aliphatic heterocycles. The van der Waals surface area contributed by atoms with Crippen molar-refractivity contribution in [3.05, 3.63) is 46.6 Å². The van der Waals surface area contributed by atoms with E-state index in [1.165, 1.54) is 35.2 Å². The van der Waals surface area contributed by atoms with E-state index >= 15 is 0 Å². The summed E-state index contributed by atoms with van der Waals surface area (Å²) >= 11 is 13.3. The van der Waals surface area contributed by atoms with Gasteiger partial charge in [0, 0.05) is 25.0 Å². The largest absolute Gasteiger partial charge is 0.325 e. The molecule has 1 N–H and O–H groups in total. The van der Waals surface area contributed by atoms with Crippen molar-refractivity contribution in [2.75, 3.05) is 18.1 Å². The predicted molar refractivity (Wildman–Crippen MR) is 119 cm³/mol. The van der Waals surface area contributed by atoms with E-state index in [2.05, 4.69) is 15.5 Å². The highest BCUT2D eigenvalue weighted by atomic mass is 35.5. The highest BCUT2D eigenvalue weighted by Gasteiger charge is 2.23. The highest BCUT2D eigenvalue weighted by molar-refractivity contribution is 7.99. The van der Waals surface area contributed by atoms with Crippen LogP contribution in [0.2, 0.25) is 10.0 Å². The lowest BCUT2D eigenvalue weighted by Crippen LogP contribution is -2.33. The molecule has 160 valence electrons. The van der Waals surface area contributed by atoms with Crippen LogP contribution in [-0.2, 0) is 14.8 Å². The third-order valence-corrected chi connectivity index (χ3v) is 7.75. The lowest BCUT2D eigenvalue weighted by Gasteiger charge is -2.21. The molecule has 0 spiro atoms. The number of sulfonamides is 1. The van der Waals surface area contributed by atoms with Crippen LogP contribution in [-0.4, -0.2) is 52.1 Å². The summed E-state index contributed by atoms with van der Waals surface area (Å²) in [5.74, 6) is -0.207. The standard InChI is InChI=1S/C18H19Cl2N5O3S2/c1-11(2)24(3)30(27,28)14-6-4-13(5-7-14)21-16(26)10-29-18-23-22-17-15(20)8-12(19)9-25(17)18/h4-9,11H,10H2,1-3H3,(H,21,26). The summed E-state index contributed by atoms with van der Waals surface area (Å²) in [5.41, 5.74) is 0.941. The SMILES string of the molecule is CC(C)N(C)S(=O)(=O)c1ccc(NC(=O)CSc2nnc3c(Cl)cc(Cl)cn23)cc1. The molecule has 0 saturated carbocycles. The number of fused-ring (bicyclic) bond motifs is 1. The second-order valence-corrected chi connectivity index (χ2v) is 10.4. The van der Waals surface area contributed by atoms with Gasteiger partial charge >= 0.3 is 0 Å². The first kappa shape index (κ1) is 22.8. The first-order valence-corrected chi connectivity index (χ1v) is 12.0. The third-order valence-electron chi connectivity index (χ3n) is 4.27. The van der Waals surface area contributed by atoms with Crippen molar-refractivity contribution in [2.24, 2.45) is 0 Å². The van der Waals surface area contributed by atoms with Gasteiger partial charge in [0.1, 0.15) is 0 Å². The third kappa shape index (κ3) is 4.89. The lowest BCUT2D eigenvalue weighted by atomic mass is 10.3. The van der Waals surface area contributed by atoms with E-state index in [9.17, 15) is 13.2 Å². The average molecular weight is 488 g/mol. The molecule has 0 aliphatic rings. The Hall–Kier alpha value is -1.85. The summed E-state index contributed by atoms with van der Waals surface area (Å²) in [6.45, 7) is 3.59. The summed E-state index contributed by atoms with van der Waals surface area (Å²) in [6, 6.07) is 7.44. The van der Waals surface area contributed by atoms with E-state index < -0.39 is 10.0 Å². The van der Waals surface area contributed by atoms with Crippen molar-refractivity contribution < 1.29 is 13.2 Å². The van der Waals surface area contributed by atoms with Crippen LogP contribution in [0.4, 0.5) is 5.69 Å².